The number of imidazole rings is 1. The van der Waals surface area contributed by atoms with E-state index >= 15 is 0 Å². The standard InChI is InChI=1S/C16H30N4O2/c1-7-8-13(11-18-15(21)22-16(3,4)5)19-12(2)14-17-9-10-20(14)6/h9-10,12-13,19H,7-8,11H2,1-6H3,(H,18,21). The summed E-state index contributed by atoms with van der Waals surface area (Å²) < 4.78 is 7.27. The summed E-state index contributed by atoms with van der Waals surface area (Å²) in [6.45, 7) is 10.3. The van der Waals surface area contributed by atoms with Gasteiger partial charge in [0.25, 0.3) is 0 Å². The van der Waals surface area contributed by atoms with Crippen LogP contribution >= 0.6 is 0 Å². The van der Waals surface area contributed by atoms with E-state index in [0.29, 0.717) is 6.54 Å². The highest BCUT2D eigenvalue weighted by molar-refractivity contribution is 5.67. The molecule has 6 nitrogen and oxygen atoms in total. The average molecular weight is 310 g/mol. The van der Waals surface area contributed by atoms with E-state index in [9.17, 15) is 4.79 Å². The van der Waals surface area contributed by atoms with Crippen LogP contribution in [0, 0.1) is 0 Å². The Morgan fingerprint density at radius 2 is 2.14 bits per heavy atom. The molecule has 1 rings (SSSR count). The Labute approximate surface area is 133 Å². The summed E-state index contributed by atoms with van der Waals surface area (Å²) in [5.41, 5.74) is -0.474. The van der Waals surface area contributed by atoms with Crippen molar-refractivity contribution in [2.24, 2.45) is 7.05 Å². The van der Waals surface area contributed by atoms with Crippen molar-refractivity contribution in [1.29, 1.82) is 0 Å². The molecule has 0 aliphatic rings. The molecule has 0 radical (unpaired) electrons. The summed E-state index contributed by atoms with van der Waals surface area (Å²) in [6, 6.07) is 0.307. The van der Waals surface area contributed by atoms with Crippen LogP contribution in [0.1, 0.15) is 59.3 Å². The number of ether oxygens (including phenoxy) is 1. The highest BCUT2D eigenvalue weighted by atomic mass is 16.6. The molecule has 0 aliphatic carbocycles. The zero-order valence-corrected chi connectivity index (χ0v) is 14.6. The lowest BCUT2D eigenvalue weighted by atomic mass is 10.1. The first-order chi connectivity index (χ1) is 10.2. The molecule has 126 valence electrons. The predicted molar refractivity (Wildman–Crippen MR) is 87.7 cm³/mol. The number of nitrogens with one attached hydrogen (secondary N) is 2. The van der Waals surface area contributed by atoms with Gasteiger partial charge >= 0.3 is 6.09 Å². The Bertz CT molecular complexity index is 465. The number of hydrogen-bond donors (Lipinski definition) is 2. The topological polar surface area (TPSA) is 68.2 Å². The summed E-state index contributed by atoms with van der Waals surface area (Å²) in [6.07, 6.45) is 5.37. The molecule has 0 fully saturated rings. The number of aryl methyl sites for hydroxylation is 1. The van der Waals surface area contributed by atoms with Crippen LogP contribution in [0.15, 0.2) is 12.4 Å². The number of alkyl carbamates (subject to hydrolysis) is 1. The Hall–Kier alpha value is -1.56. The molecular weight excluding hydrogens is 280 g/mol. The van der Waals surface area contributed by atoms with E-state index < -0.39 is 5.60 Å². The van der Waals surface area contributed by atoms with Crippen LogP contribution in [-0.2, 0) is 11.8 Å². The van der Waals surface area contributed by atoms with Gasteiger partial charge in [0.15, 0.2) is 0 Å². The van der Waals surface area contributed by atoms with E-state index in [2.05, 4.69) is 29.5 Å². The lowest BCUT2D eigenvalue weighted by Gasteiger charge is -2.25. The number of rotatable bonds is 7. The number of carbonyl (C=O) groups excluding carboxylic acids is 1. The predicted octanol–water partition coefficient (Wildman–Crippen LogP) is 2.76. The van der Waals surface area contributed by atoms with Gasteiger partial charge in [-0.15, -0.1) is 0 Å². The fourth-order valence-electron chi connectivity index (χ4n) is 2.34. The zero-order valence-electron chi connectivity index (χ0n) is 14.6. The SMILES string of the molecule is CCCC(CNC(=O)OC(C)(C)C)NC(C)c1nccn1C. The molecule has 0 spiro atoms. The van der Waals surface area contributed by atoms with E-state index in [1.807, 2.05) is 38.6 Å². The minimum Gasteiger partial charge on any atom is -0.444 e. The van der Waals surface area contributed by atoms with Crippen LogP contribution in [0.25, 0.3) is 0 Å². The quantitative estimate of drug-likeness (QED) is 0.812. The van der Waals surface area contributed by atoms with Crippen LogP contribution in [0.4, 0.5) is 4.79 Å². The molecule has 1 aromatic heterocycles. The lowest BCUT2D eigenvalue weighted by Crippen LogP contribution is -2.43. The van der Waals surface area contributed by atoms with E-state index in [1.54, 1.807) is 6.20 Å². The van der Waals surface area contributed by atoms with Gasteiger partial charge in [-0.1, -0.05) is 13.3 Å². The molecule has 0 saturated heterocycles. The third-order valence-corrected chi connectivity index (χ3v) is 3.26. The molecule has 0 aromatic carbocycles. The number of carbonyl (C=O) groups is 1. The first-order valence-corrected chi connectivity index (χ1v) is 7.93. The minimum atomic E-state index is -0.474. The Morgan fingerprint density at radius 1 is 1.45 bits per heavy atom. The van der Waals surface area contributed by atoms with Crippen LogP contribution in [0.3, 0.4) is 0 Å². The fraction of sp³-hybridized carbons (Fsp3) is 0.750. The van der Waals surface area contributed by atoms with Gasteiger partial charge in [-0.05, 0) is 34.1 Å². The molecular formula is C16H30N4O2. The van der Waals surface area contributed by atoms with Crippen LogP contribution in [0.5, 0.6) is 0 Å². The maximum absolute atomic E-state index is 11.8. The van der Waals surface area contributed by atoms with Crippen LogP contribution in [-0.4, -0.2) is 33.8 Å². The van der Waals surface area contributed by atoms with Crippen LogP contribution < -0.4 is 10.6 Å². The molecule has 2 N–H and O–H groups in total. The fourth-order valence-corrected chi connectivity index (χ4v) is 2.34. The monoisotopic (exact) mass is 310 g/mol. The Kier molecular flexibility index (Phi) is 6.87. The highest BCUT2D eigenvalue weighted by Crippen LogP contribution is 2.11. The second kappa shape index (κ2) is 8.17. The smallest absolute Gasteiger partial charge is 0.407 e. The van der Waals surface area contributed by atoms with Crippen molar-refractivity contribution in [2.45, 2.75) is 65.1 Å². The number of amides is 1. The van der Waals surface area contributed by atoms with E-state index in [-0.39, 0.29) is 18.2 Å². The van der Waals surface area contributed by atoms with E-state index in [4.69, 9.17) is 4.74 Å². The number of nitrogens with zero attached hydrogens (tertiary/aromatic N) is 2. The summed E-state index contributed by atoms with van der Waals surface area (Å²) in [5, 5.41) is 6.36. The third kappa shape index (κ3) is 6.47. The van der Waals surface area contributed by atoms with Gasteiger partial charge in [0, 0.05) is 32.0 Å². The number of aromatic nitrogens is 2. The largest absolute Gasteiger partial charge is 0.444 e. The maximum Gasteiger partial charge on any atom is 0.407 e. The molecule has 2 atom stereocenters. The normalized spacial score (nSPS) is 14.5. The van der Waals surface area contributed by atoms with Gasteiger partial charge in [0.1, 0.15) is 11.4 Å². The van der Waals surface area contributed by atoms with Crippen LogP contribution in [0.2, 0.25) is 0 Å². The van der Waals surface area contributed by atoms with Gasteiger partial charge in [0.05, 0.1) is 6.04 Å². The first-order valence-electron chi connectivity index (χ1n) is 7.93. The molecule has 0 bridgehead atoms. The van der Waals surface area contributed by atoms with Crippen molar-refractivity contribution >= 4 is 6.09 Å². The second-order valence-electron chi connectivity index (χ2n) is 6.65. The summed E-state index contributed by atoms with van der Waals surface area (Å²) in [5.74, 6) is 0.985. The molecule has 0 saturated carbocycles. The molecule has 6 heteroatoms. The second-order valence-corrected chi connectivity index (χ2v) is 6.65. The van der Waals surface area contributed by atoms with Gasteiger partial charge in [-0.3, -0.25) is 0 Å². The van der Waals surface area contributed by atoms with Gasteiger partial charge < -0.3 is 19.9 Å². The maximum atomic E-state index is 11.8. The Morgan fingerprint density at radius 3 is 2.64 bits per heavy atom. The van der Waals surface area contributed by atoms with Crippen molar-refractivity contribution in [3.8, 4) is 0 Å². The van der Waals surface area contributed by atoms with Crippen molar-refractivity contribution < 1.29 is 9.53 Å². The van der Waals surface area contributed by atoms with Gasteiger partial charge in [-0.25, -0.2) is 9.78 Å². The lowest BCUT2D eigenvalue weighted by molar-refractivity contribution is 0.0521. The number of hydrogen-bond acceptors (Lipinski definition) is 4. The van der Waals surface area contributed by atoms with Crippen molar-refractivity contribution in [1.82, 2.24) is 20.2 Å². The average Bonchev–Trinajstić information content (AvgIpc) is 2.80. The summed E-state index contributed by atoms with van der Waals surface area (Å²) in [4.78, 5) is 16.1. The summed E-state index contributed by atoms with van der Waals surface area (Å²) >= 11 is 0. The molecule has 2 unspecified atom stereocenters. The Balaban J connectivity index is 2.51. The molecule has 1 heterocycles. The van der Waals surface area contributed by atoms with Crippen molar-refractivity contribution in [2.75, 3.05) is 6.54 Å². The molecule has 22 heavy (non-hydrogen) atoms. The van der Waals surface area contributed by atoms with Gasteiger partial charge in [0.2, 0.25) is 0 Å². The van der Waals surface area contributed by atoms with Gasteiger partial charge in [-0.2, -0.15) is 0 Å². The van der Waals surface area contributed by atoms with Crippen molar-refractivity contribution in [3.63, 3.8) is 0 Å². The first kappa shape index (κ1) is 18.5. The zero-order chi connectivity index (χ0) is 16.8. The third-order valence-electron chi connectivity index (χ3n) is 3.26. The summed E-state index contributed by atoms with van der Waals surface area (Å²) in [7, 11) is 1.98. The molecule has 0 aliphatic heterocycles. The minimum absolute atomic E-state index is 0.122. The molecule has 1 aromatic rings. The van der Waals surface area contributed by atoms with E-state index in [0.717, 1.165) is 18.7 Å². The van der Waals surface area contributed by atoms with E-state index in [1.165, 1.54) is 0 Å². The highest BCUT2D eigenvalue weighted by Gasteiger charge is 2.19. The molecule has 1 amide bonds. The van der Waals surface area contributed by atoms with Crippen molar-refractivity contribution in [3.05, 3.63) is 18.2 Å².